The zero-order valence-corrected chi connectivity index (χ0v) is 34.1. The number of aryl methyl sites for hydroxylation is 3. The van der Waals surface area contributed by atoms with Crippen LogP contribution in [0.4, 0.5) is 10.7 Å². The van der Waals surface area contributed by atoms with E-state index in [1.165, 1.54) is 11.3 Å². The number of anilines is 2. The molecule has 5 rings (SSSR count). The van der Waals surface area contributed by atoms with E-state index >= 15 is 0 Å². The fraction of sp³-hybridized carbons (Fsp3) is 0.400. The summed E-state index contributed by atoms with van der Waals surface area (Å²) >= 11 is 1.48. The minimum absolute atomic E-state index is 0.197. The molecule has 0 unspecified atom stereocenters. The van der Waals surface area contributed by atoms with Crippen molar-refractivity contribution in [1.29, 1.82) is 0 Å². The first-order valence-electron chi connectivity index (χ1n) is 19.8. The average molecular weight is 795 g/mol. The van der Waals surface area contributed by atoms with E-state index in [9.17, 15) is 24.0 Å². The first-order chi connectivity index (χ1) is 27.4. The van der Waals surface area contributed by atoms with Gasteiger partial charge in [-0.1, -0.05) is 57.2 Å². The molecule has 1 aromatic heterocycles. The Balaban J connectivity index is 1.25. The lowest BCUT2D eigenvalue weighted by Gasteiger charge is -2.32. The number of carboxylic acids is 2. The van der Waals surface area contributed by atoms with Gasteiger partial charge >= 0.3 is 11.9 Å². The summed E-state index contributed by atoms with van der Waals surface area (Å²) in [6, 6.07) is 22.4. The molecule has 0 saturated carbocycles. The number of amides is 3. The van der Waals surface area contributed by atoms with E-state index in [2.05, 4.69) is 29.4 Å². The molecular weight excluding hydrogens is 741 g/mol. The number of aliphatic carboxylic acids is 1. The van der Waals surface area contributed by atoms with Crippen molar-refractivity contribution in [2.75, 3.05) is 30.8 Å². The van der Waals surface area contributed by atoms with Gasteiger partial charge in [0.1, 0.15) is 5.00 Å². The number of likely N-dealkylation sites (N-methyl/N-ethyl adjacent to an activating group) is 1. The summed E-state index contributed by atoms with van der Waals surface area (Å²) in [5.41, 5.74) is 6.00. The number of thiophene rings is 1. The van der Waals surface area contributed by atoms with E-state index in [0.29, 0.717) is 41.4 Å². The quantitative estimate of drug-likeness (QED) is 0.0741. The van der Waals surface area contributed by atoms with Crippen LogP contribution >= 0.6 is 11.3 Å². The molecule has 0 spiro atoms. The number of aromatic carboxylic acids is 1. The molecule has 4 aromatic rings. The minimum atomic E-state index is -0.995. The second-order valence-electron chi connectivity index (χ2n) is 14.9. The van der Waals surface area contributed by atoms with Crippen LogP contribution in [-0.2, 0) is 41.8 Å². The highest BCUT2D eigenvalue weighted by Crippen LogP contribution is 2.39. The maximum atomic E-state index is 13.9. The number of carboxylic acid groups (broad SMARTS) is 2. The lowest BCUT2D eigenvalue weighted by atomic mass is 9.95. The average Bonchev–Trinajstić information content (AvgIpc) is 3.57. The lowest BCUT2D eigenvalue weighted by Crippen LogP contribution is -2.42. The van der Waals surface area contributed by atoms with E-state index in [-0.39, 0.29) is 35.7 Å². The van der Waals surface area contributed by atoms with Crippen LogP contribution in [0.25, 0.3) is 0 Å². The Bertz CT molecular complexity index is 2040. The van der Waals surface area contributed by atoms with E-state index in [0.717, 1.165) is 78.5 Å². The van der Waals surface area contributed by atoms with E-state index in [1.54, 1.807) is 37.1 Å². The van der Waals surface area contributed by atoms with E-state index < -0.39 is 17.9 Å². The molecule has 57 heavy (non-hydrogen) atoms. The monoisotopic (exact) mass is 794 g/mol. The second-order valence-corrected chi connectivity index (χ2v) is 16.0. The number of carbonyl (C=O) groups excluding carboxylic acids is 3. The number of benzene rings is 3. The van der Waals surface area contributed by atoms with Crippen molar-refractivity contribution < 1.29 is 34.2 Å². The molecule has 3 aromatic carbocycles. The topological polar surface area (TPSA) is 156 Å². The van der Waals surface area contributed by atoms with Gasteiger partial charge in [0.15, 0.2) is 0 Å². The number of fused-ring (bicyclic) bond motifs is 1. The van der Waals surface area contributed by atoms with Gasteiger partial charge in [-0.3, -0.25) is 24.1 Å². The van der Waals surface area contributed by atoms with Gasteiger partial charge in [0, 0.05) is 54.8 Å². The van der Waals surface area contributed by atoms with Crippen molar-refractivity contribution in [3.8, 4) is 0 Å². The van der Waals surface area contributed by atoms with E-state index in [1.807, 2.05) is 54.6 Å². The van der Waals surface area contributed by atoms with Crippen molar-refractivity contribution in [3.05, 3.63) is 117 Å². The molecule has 1 aliphatic carbocycles. The number of hydrogen-bond donors (Lipinski definition) is 4. The van der Waals surface area contributed by atoms with Gasteiger partial charge in [-0.15, -0.1) is 11.3 Å². The highest BCUT2D eigenvalue weighted by Gasteiger charge is 2.27. The number of rotatable bonds is 19. The first kappa shape index (κ1) is 42.8. The normalized spacial score (nSPS) is 12.9. The molecule has 302 valence electrons. The SMILES string of the molecule is CCC(CC)N(CCN(C)C(=O)[C@H](C)CC(=O)O)Cc1cccc(C(=O)Nc2sc3c(c2C(=O)Nc2ccc(CCc4ccc(C(=O)O)cc4)cc2)CCCC3)c1. The Morgan fingerprint density at radius 1 is 0.772 bits per heavy atom. The van der Waals surface area contributed by atoms with Crippen molar-refractivity contribution in [2.45, 2.75) is 91.1 Å². The third kappa shape index (κ3) is 11.6. The maximum Gasteiger partial charge on any atom is 0.335 e. The van der Waals surface area contributed by atoms with Gasteiger partial charge in [-0.25, -0.2) is 4.79 Å². The highest BCUT2D eigenvalue weighted by atomic mass is 32.1. The van der Waals surface area contributed by atoms with Gasteiger partial charge in [0.25, 0.3) is 11.8 Å². The van der Waals surface area contributed by atoms with Crippen LogP contribution in [0.3, 0.4) is 0 Å². The van der Waals surface area contributed by atoms with Crippen LogP contribution in [0, 0.1) is 5.92 Å². The van der Waals surface area contributed by atoms with Crippen molar-refractivity contribution in [1.82, 2.24) is 9.80 Å². The summed E-state index contributed by atoms with van der Waals surface area (Å²) in [6.45, 7) is 7.51. The van der Waals surface area contributed by atoms with Crippen LogP contribution < -0.4 is 10.6 Å². The molecule has 12 heteroatoms. The molecule has 0 radical (unpaired) electrons. The van der Waals surface area contributed by atoms with E-state index in [4.69, 9.17) is 10.2 Å². The summed E-state index contributed by atoms with van der Waals surface area (Å²) in [4.78, 5) is 68.0. The third-order valence-corrected chi connectivity index (χ3v) is 12.0. The third-order valence-electron chi connectivity index (χ3n) is 10.8. The Labute approximate surface area is 339 Å². The highest BCUT2D eigenvalue weighted by molar-refractivity contribution is 7.17. The first-order valence-corrected chi connectivity index (χ1v) is 20.7. The molecule has 0 fully saturated rings. The van der Waals surface area contributed by atoms with Gasteiger partial charge in [0.2, 0.25) is 5.91 Å². The molecule has 4 N–H and O–H groups in total. The van der Waals surface area contributed by atoms with Crippen molar-refractivity contribution in [2.24, 2.45) is 5.92 Å². The van der Waals surface area contributed by atoms with Crippen molar-refractivity contribution >= 4 is 51.7 Å². The summed E-state index contributed by atoms with van der Waals surface area (Å²) in [6.07, 6.45) is 6.79. The fourth-order valence-electron chi connectivity index (χ4n) is 7.48. The van der Waals surface area contributed by atoms with Crippen LogP contribution in [0.5, 0.6) is 0 Å². The standard InChI is InChI=1S/C45H54N4O7S/c1-5-36(6-2)49(25-24-48(4)44(54)29(3)26-39(50)51)28-32-10-9-11-34(27-32)41(52)47-43-40(37-12-7-8-13-38(37)57-43)42(53)46-35-22-18-31(19-23-35)15-14-30-16-20-33(21-17-30)45(55)56/h9-11,16-23,27,29,36H,5-8,12-15,24-26,28H2,1-4H3,(H,46,53)(H,47,52)(H,50,51)(H,55,56)/t29-/m1/s1. The number of nitrogens with one attached hydrogen (secondary N) is 2. The molecule has 0 saturated heterocycles. The Morgan fingerprint density at radius 2 is 1.42 bits per heavy atom. The zero-order valence-electron chi connectivity index (χ0n) is 33.3. The van der Waals surface area contributed by atoms with Crippen LogP contribution in [0.15, 0.2) is 72.8 Å². The van der Waals surface area contributed by atoms with Crippen LogP contribution in [0.2, 0.25) is 0 Å². The molecule has 0 aliphatic heterocycles. The van der Waals surface area contributed by atoms with Gasteiger partial charge < -0.3 is 25.7 Å². The van der Waals surface area contributed by atoms with Gasteiger partial charge in [-0.2, -0.15) is 0 Å². The Morgan fingerprint density at radius 3 is 2.05 bits per heavy atom. The van der Waals surface area contributed by atoms with Crippen molar-refractivity contribution in [3.63, 3.8) is 0 Å². The van der Waals surface area contributed by atoms with Crippen LogP contribution in [-0.4, -0.2) is 75.9 Å². The molecule has 1 atom stereocenters. The predicted octanol–water partition coefficient (Wildman–Crippen LogP) is 8.17. The number of hydrogen-bond acceptors (Lipinski definition) is 7. The largest absolute Gasteiger partial charge is 0.481 e. The van der Waals surface area contributed by atoms with Gasteiger partial charge in [-0.05, 0) is 110 Å². The minimum Gasteiger partial charge on any atom is -0.481 e. The Kier molecular flexibility index (Phi) is 15.2. The molecule has 1 heterocycles. The molecule has 1 aliphatic rings. The molecule has 0 bridgehead atoms. The molecule has 3 amide bonds. The smallest absolute Gasteiger partial charge is 0.335 e. The zero-order chi connectivity index (χ0) is 41.1. The number of carbonyl (C=O) groups is 5. The summed E-state index contributed by atoms with van der Waals surface area (Å²) < 4.78 is 0. The molecule has 11 nitrogen and oxygen atoms in total. The second kappa shape index (κ2) is 20.2. The summed E-state index contributed by atoms with van der Waals surface area (Å²) in [5.74, 6) is -3.29. The summed E-state index contributed by atoms with van der Waals surface area (Å²) in [7, 11) is 1.71. The Hall–Kier alpha value is -5.33. The summed E-state index contributed by atoms with van der Waals surface area (Å²) in [5, 5.41) is 25.0. The van der Waals surface area contributed by atoms with Crippen LogP contribution in [0.1, 0.15) is 111 Å². The predicted molar refractivity (Wildman–Crippen MR) is 224 cm³/mol. The number of nitrogens with zero attached hydrogens (tertiary/aromatic N) is 2. The fourth-order valence-corrected chi connectivity index (χ4v) is 8.76. The molecular formula is C45H54N4O7S. The van der Waals surface area contributed by atoms with Gasteiger partial charge in [0.05, 0.1) is 17.5 Å². The maximum absolute atomic E-state index is 13.9. The lowest BCUT2D eigenvalue weighted by molar-refractivity contribution is -0.143.